The number of carbonyl (C=O) groups excluding carboxylic acids is 2. The number of para-hydroxylation sites is 1. The van der Waals surface area contributed by atoms with Crippen LogP contribution in [0.15, 0.2) is 54.6 Å². The number of rotatable bonds is 13. The predicted octanol–water partition coefficient (Wildman–Crippen LogP) is 1.67. The Hall–Kier alpha value is -2.56. The number of ether oxygens (including phenoxy) is 1. The fourth-order valence-electron chi connectivity index (χ4n) is 2.76. The average Bonchev–Trinajstić information content (AvgIpc) is 2.80. The fraction of sp³-hybridized carbons (Fsp3) is 0.364. The Bertz CT molecular complexity index is 967. The summed E-state index contributed by atoms with van der Waals surface area (Å²) in [5.74, 6) is 0.536. The molecular formula is C22H29N3O5S2. The summed E-state index contributed by atoms with van der Waals surface area (Å²) in [4.78, 5) is 24.9. The lowest BCUT2D eigenvalue weighted by atomic mass is 10.1. The Balaban J connectivity index is 1.87. The molecule has 0 aliphatic heterocycles. The van der Waals surface area contributed by atoms with Crippen LogP contribution in [0, 0.1) is 0 Å². The SMILES string of the molecule is CNS(=O)(=O)Cc1ccc(CNC(=O)C(CCSC)NC(=O)COc2ccccc2)cc1. The molecule has 2 amide bonds. The Kier molecular flexibility index (Phi) is 10.5. The van der Waals surface area contributed by atoms with E-state index in [1.807, 2.05) is 24.5 Å². The lowest BCUT2D eigenvalue weighted by molar-refractivity contribution is -0.130. The number of thioether (sulfide) groups is 1. The van der Waals surface area contributed by atoms with Crippen LogP contribution < -0.4 is 20.1 Å². The summed E-state index contributed by atoms with van der Waals surface area (Å²) in [6.07, 6.45) is 2.43. The first-order valence-electron chi connectivity index (χ1n) is 10.1. The van der Waals surface area contributed by atoms with Gasteiger partial charge >= 0.3 is 0 Å². The van der Waals surface area contributed by atoms with Gasteiger partial charge in [0, 0.05) is 6.54 Å². The zero-order valence-corrected chi connectivity index (χ0v) is 19.8. The highest BCUT2D eigenvalue weighted by Gasteiger charge is 2.20. The first-order valence-corrected chi connectivity index (χ1v) is 13.1. The van der Waals surface area contributed by atoms with E-state index in [9.17, 15) is 18.0 Å². The second-order valence-electron chi connectivity index (χ2n) is 7.00. The van der Waals surface area contributed by atoms with Crippen molar-refractivity contribution in [1.82, 2.24) is 15.4 Å². The summed E-state index contributed by atoms with van der Waals surface area (Å²) in [5, 5.41) is 5.57. The minimum Gasteiger partial charge on any atom is -0.484 e. The molecule has 2 aromatic rings. The Morgan fingerprint density at radius 2 is 1.69 bits per heavy atom. The van der Waals surface area contributed by atoms with Gasteiger partial charge in [0.05, 0.1) is 5.75 Å². The zero-order chi connectivity index (χ0) is 23.4. The average molecular weight is 480 g/mol. The summed E-state index contributed by atoms with van der Waals surface area (Å²) < 4.78 is 31.0. The van der Waals surface area contributed by atoms with Gasteiger partial charge in [-0.05, 0) is 48.7 Å². The minimum absolute atomic E-state index is 0.107. The third-order valence-corrected chi connectivity index (χ3v) is 6.51. The van der Waals surface area contributed by atoms with Crippen LogP contribution in [0.3, 0.4) is 0 Å². The van der Waals surface area contributed by atoms with Crippen molar-refractivity contribution in [1.29, 1.82) is 0 Å². The van der Waals surface area contributed by atoms with Crippen molar-refractivity contribution >= 4 is 33.6 Å². The van der Waals surface area contributed by atoms with Gasteiger partial charge in [-0.3, -0.25) is 9.59 Å². The van der Waals surface area contributed by atoms with Crippen molar-refractivity contribution in [3.05, 3.63) is 65.7 Å². The predicted molar refractivity (Wildman–Crippen MR) is 127 cm³/mol. The molecule has 3 N–H and O–H groups in total. The van der Waals surface area contributed by atoms with E-state index in [0.717, 1.165) is 5.56 Å². The number of sulfonamides is 1. The molecule has 2 aromatic carbocycles. The summed E-state index contributed by atoms with van der Waals surface area (Å²) in [7, 11) is -1.96. The molecule has 0 heterocycles. The second kappa shape index (κ2) is 13.1. The van der Waals surface area contributed by atoms with E-state index in [2.05, 4.69) is 15.4 Å². The van der Waals surface area contributed by atoms with Crippen LogP contribution in [0.25, 0.3) is 0 Å². The maximum Gasteiger partial charge on any atom is 0.258 e. The van der Waals surface area contributed by atoms with Gasteiger partial charge in [-0.1, -0.05) is 42.5 Å². The molecule has 1 unspecified atom stereocenters. The first kappa shape index (κ1) is 25.7. The van der Waals surface area contributed by atoms with Crippen LogP contribution in [-0.2, 0) is 31.9 Å². The van der Waals surface area contributed by atoms with Crippen molar-refractivity contribution in [3.63, 3.8) is 0 Å². The molecule has 0 bridgehead atoms. The molecule has 0 spiro atoms. The number of benzene rings is 2. The van der Waals surface area contributed by atoms with E-state index < -0.39 is 16.1 Å². The molecule has 8 nitrogen and oxygen atoms in total. The monoisotopic (exact) mass is 479 g/mol. The largest absolute Gasteiger partial charge is 0.484 e. The van der Waals surface area contributed by atoms with Crippen LogP contribution in [0.2, 0.25) is 0 Å². The van der Waals surface area contributed by atoms with Crippen LogP contribution in [-0.4, -0.2) is 51.9 Å². The number of carbonyl (C=O) groups is 2. The van der Waals surface area contributed by atoms with Gasteiger partial charge in [0.2, 0.25) is 15.9 Å². The molecule has 174 valence electrons. The Labute approximate surface area is 193 Å². The summed E-state index contributed by atoms with van der Waals surface area (Å²) in [6.45, 7) is 0.0914. The highest BCUT2D eigenvalue weighted by Crippen LogP contribution is 2.09. The maximum absolute atomic E-state index is 12.7. The first-order chi connectivity index (χ1) is 15.3. The molecule has 0 saturated carbocycles. The van der Waals surface area contributed by atoms with Crippen LogP contribution in [0.4, 0.5) is 0 Å². The van der Waals surface area contributed by atoms with Crippen molar-refractivity contribution in [2.24, 2.45) is 0 Å². The van der Waals surface area contributed by atoms with E-state index in [1.165, 1.54) is 7.05 Å². The molecule has 1 atom stereocenters. The van der Waals surface area contributed by atoms with Crippen molar-refractivity contribution in [2.75, 3.05) is 25.7 Å². The number of hydrogen-bond acceptors (Lipinski definition) is 6. The van der Waals surface area contributed by atoms with E-state index in [1.54, 1.807) is 48.2 Å². The van der Waals surface area contributed by atoms with Gasteiger partial charge in [0.1, 0.15) is 11.8 Å². The summed E-state index contributed by atoms with van der Waals surface area (Å²) in [6, 6.07) is 15.3. The maximum atomic E-state index is 12.7. The van der Waals surface area contributed by atoms with Crippen LogP contribution in [0.1, 0.15) is 17.5 Å². The van der Waals surface area contributed by atoms with Gasteiger partial charge in [-0.25, -0.2) is 13.1 Å². The quantitative estimate of drug-likeness (QED) is 0.403. The summed E-state index contributed by atoms with van der Waals surface area (Å²) in [5.41, 5.74) is 1.48. The lowest BCUT2D eigenvalue weighted by Crippen LogP contribution is -2.48. The minimum atomic E-state index is -3.34. The van der Waals surface area contributed by atoms with Crippen LogP contribution in [0.5, 0.6) is 5.75 Å². The molecular weight excluding hydrogens is 450 g/mol. The topological polar surface area (TPSA) is 114 Å². The van der Waals surface area contributed by atoms with Crippen molar-refractivity contribution < 1.29 is 22.7 Å². The number of nitrogens with one attached hydrogen (secondary N) is 3. The fourth-order valence-corrected chi connectivity index (χ4v) is 4.01. The molecule has 32 heavy (non-hydrogen) atoms. The second-order valence-corrected chi connectivity index (χ2v) is 9.91. The zero-order valence-electron chi connectivity index (χ0n) is 18.2. The van der Waals surface area contributed by atoms with Crippen molar-refractivity contribution in [2.45, 2.75) is 24.8 Å². The molecule has 0 radical (unpaired) electrons. The lowest BCUT2D eigenvalue weighted by Gasteiger charge is -2.18. The van der Waals surface area contributed by atoms with Gasteiger partial charge in [-0.2, -0.15) is 11.8 Å². The van der Waals surface area contributed by atoms with E-state index in [-0.39, 0.29) is 30.7 Å². The summed E-state index contributed by atoms with van der Waals surface area (Å²) >= 11 is 1.59. The molecule has 0 saturated heterocycles. The Morgan fingerprint density at radius 1 is 1.03 bits per heavy atom. The van der Waals surface area contributed by atoms with E-state index in [0.29, 0.717) is 23.5 Å². The standard InChI is InChI=1S/C22H29N3O5S2/c1-23-32(28,29)16-18-10-8-17(9-11-18)14-24-22(27)20(12-13-31-2)25-21(26)15-30-19-6-4-3-5-7-19/h3-11,20,23H,12-16H2,1-2H3,(H,24,27)(H,25,26). The molecule has 10 heteroatoms. The van der Waals surface area contributed by atoms with Gasteiger partial charge in [0.15, 0.2) is 6.61 Å². The molecule has 0 aliphatic carbocycles. The van der Waals surface area contributed by atoms with E-state index in [4.69, 9.17) is 4.74 Å². The van der Waals surface area contributed by atoms with E-state index >= 15 is 0 Å². The van der Waals surface area contributed by atoms with Gasteiger partial charge in [0.25, 0.3) is 5.91 Å². The molecule has 0 aromatic heterocycles. The third kappa shape index (κ3) is 9.29. The normalized spacial score (nSPS) is 12.1. The molecule has 2 rings (SSSR count). The molecule has 0 aliphatic rings. The highest BCUT2D eigenvalue weighted by molar-refractivity contribution is 7.98. The smallest absolute Gasteiger partial charge is 0.258 e. The Morgan fingerprint density at radius 3 is 2.31 bits per heavy atom. The number of hydrogen-bond donors (Lipinski definition) is 3. The van der Waals surface area contributed by atoms with Crippen LogP contribution >= 0.6 is 11.8 Å². The number of amides is 2. The third-order valence-electron chi connectivity index (χ3n) is 4.53. The van der Waals surface area contributed by atoms with Crippen molar-refractivity contribution in [3.8, 4) is 5.75 Å². The highest BCUT2D eigenvalue weighted by atomic mass is 32.2. The van der Waals surface area contributed by atoms with Gasteiger partial charge in [-0.15, -0.1) is 0 Å². The van der Waals surface area contributed by atoms with Gasteiger partial charge < -0.3 is 15.4 Å². The molecule has 0 fully saturated rings.